The van der Waals surface area contributed by atoms with Gasteiger partial charge in [0, 0.05) is 5.38 Å². The van der Waals surface area contributed by atoms with Crippen molar-refractivity contribution in [2.24, 2.45) is 4.99 Å². The molecule has 3 aromatic rings. The quantitative estimate of drug-likeness (QED) is 0.642. The van der Waals surface area contributed by atoms with E-state index in [2.05, 4.69) is 15.3 Å². The normalized spacial score (nSPS) is 17.4. The van der Waals surface area contributed by atoms with E-state index in [1.54, 1.807) is 22.7 Å². The summed E-state index contributed by atoms with van der Waals surface area (Å²) in [6, 6.07) is 11.9. The Labute approximate surface area is 157 Å². The predicted molar refractivity (Wildman–Crippen MR) is 107 cm³/mol. The average Bonchev–Trinajstić information content (AvgIpc) is 3.30. The summed E-state index contributed by atoms with van der Waals surface area (Å²) in [7, 11) is 0. The van der Waals surface area contributed by atoms with Crippen molar-refractivity contribution >= 4 is 57.3 Å². The minimum absolute atomic E-state index is 0.137. The number of amides is 1. The third-order valence-corrected chi connectivity index (χ3v) is 6.23. The monoisotopic (exact) mass is 383 g/mol. The standard InChI is InChI=1S/C18H13N3OS3/c1-11-4-2-5-12(8-11)20-18-21-16(22)15(25-18)9-13-10-24-17(19-13)14-6-3-7-23-14/h2-10H,1H3,(H,20,21,22). The molecule has 1 aliphatic heterocycles. The topological polar surface area (TPSA) is 54.4 Å². The third-order valence-electron chi connectivity index (χ3n) is 3.42. The molecule has 1 aliphatic rings. The lowest BCUT2D eigenvalue weighted by atomic mass is 10.2. The van der Waals surface area contributed by atoms with Crippen LogP contribution in [-0.4, -0.2) is 16.1 Å². The first kappa shape index (κ1) is 16.3. The Kier molecular flexibility index (Phi) is 4.52. The van der Waals surface area contributed by atoms with Crippen LogP contribution in [0.15, 0.2) is 57.1 Å². The van der Waals surface area contributed by atoms with Crippen LogP contribution < -0.4 is 5.32 Å². The lowest BCUT2D eigenvalue weighted by Crippen LogP contribution is -2.19. The number of aromatic nitrogens is 1. The van der Waals surface area contributed by atoms with Crippen LogP contribution in [0, 0.1) is 6.92 Å². The van der Waals surface area contributed by atoms with Crippen molar-refractivity contribution in [2.75, 3.05) is 0 Å². The second-order valence-electron chi connectivity index (χ2n) is 5.38. The molecule has 4 rings (SSSR count). The van der Waals surface area contributed by atoms with E-state index < -0.39 is 0 Å². The SMILES string of the molecule is Cc1cccc(N=C2NC(=O)C(=Cc3csc(-c4cccs4)n3)S2)c1. The van der Waals surface area contributed by atoms with E-state index in [1.165, 1.54) is 11.8 Å². The summed E-state index contributed by atoms with van der Waals surface area (Å²) in [5, 5.41) is 8.37. The number of carbonyl (C=O) groups excluding carboxylic acids is 1. The van der Waals surface area contributed by atoms with Crippen molar-refractivity contribution in [3.63, 3.8) is 0 Å². The number of hydrogen-bond donors (Lipinski definition) is 1. The van der Waals surface area contributed by atoms with E-state index in [1.807, 2.05) is 60.2 Å². The van der Waals surface area contributed by atoms with Crippen LogP contribution >= 0.6 is 34.4 Å². The molecule has 3 heterocycles. The molecule has 0 bridgehead atoms. The Bertz CT molecular complexity index is 987. The largest absolute Gasteiger partial charge is 0.300 e. The number of benzene rings is 1. The fourth-order valence-corrected chi connectivity index (χ4v) is 4.71. The highest BCUT2D eigenvalue weighted by molar-refractivity contribution is 8.18. The molecule has 0 spiro atoms. The fraction of sp³-hybridized carbons (Fsp3) is 0.0556. The molecule has 0 atom stereocenters. The molecular formula is C18H13N3OS3. The molecule has 0 radical (unpaired) electrons. The van der Waals surface area contributed by atoms with Crippen molar-refractivity contribution in [3.8, 4) is 9.88 Å². The van der Waals surface area contributed by atoms with Gasteiger partial charge < -0.3 is 5.32 Å². The number of aryl methyl sites for hydroxylation is 1. The summed E-state index contributed by atoms with van der Waals surface area (Å²) in [6.07, 6.45) is 1.81. The molecular weight excluding hydrogens is 370 g/mol. The van der Waals surface area contributed by atoms with Crippen LogP contribution in [0.3, 0.4) is 0 Å². The van der Waals surface area contributed by atoms with Crippen molar-refractivity contribution in [2.45, 2.75) is 6.92 Å². The number of rotatable bonds is 3. The number of hydrogen-bond acceptors (Lipinski definition) is 6. The highest BCUT2D eigenvalue weighted by Crippen LogP contribution is 2.31. The molecule has 0 saturated carbocycles. The van der Waals surface area contributed by atoms with Gasteiger partial charge in [-0.3, -0.25) is 4.79 Å². The molecule has 25 heavy (non-hydrogen) atoms. The molecule has 1 aromatic carbocycles. The highest BCUT2D eigenvalue weighted by atomic mass is 32.2. The maximum atomic E-state index is 12.2. The number of aliphatic imine (C=N–C) groups is 1. The zero-order chi connectivity index (χ0) is 17.2. The summed E-state index contributed by atoms with van der Waals surface area (Å²) in [4.78, 5) is 23.0. The predicted octanol–water partition coefficient (Wildman–Crippen LogP) is 5.07. The van der Waals surface area contributed by atoms with Crippen molar-refractivity contribution in [1.82, 2.24) is 10.3 Å². The van der Waals surface area contributed by atoms with Gasteiger partial charge in [0.05, 0.1) is 21.2 Å². The van der Waals surface area contributed by atoms with E-state index in [0.717, 1.165) is 26.8 Å². The number of nitrogens with one attached hydrogen (secondary N) is 1. The molecule has 7 heteroatoms. The molecule has 2 aromatic heterocycles. The Morgan fingerprint density at radius 1 is 1.20 bits per heavy atom. The van der Waals surface area contributed by atoms with Crippen LogP contribution in [-0.2, 0) is 4.79 Å². The second-order valence-corrected chi connectivity index (χ2v) is 8.21. The molecule has 1 amide bonds. The molecule has 1 N–H and O–H groups in total. The van der Waals surface area contributed by atoms with Gasteiger partial charge in [0.2, 0.25) is 0 Å². The van der Waals surface area contributed by atoms with Crippen LogP contribution in [0.5, 0.6) is 0 Å². The van der Waals surface area contributed by atoms with E-state index in [0.29, 0.717) is 10.1 Å². The zero-order valence-corrected chi connectivity index (χ0v) is 15.7. The first-order valence-electron chi connectivity index (χ1n) is 7.53. The minimum atomic E-state index is -0.137. The maximum absolute atomic E-state index is 12.2. The van der Waals surface area contributed by atoms with Crippen LogP contribution in [0.1, 0.15) is 11.3 Å². The third kappa shape index (κ3) is 3.73. The minimum Gasteiger partial charge on any atom is -0.300 e. The van der Waals surface area contributed by atoms with Gasteiger partial charge in [-0.2, -0.15) is 0 Å². The highest BCUT2D eigenvalue weighted by Gasteiger charge is 2.24. The van der Waals surface area contributed by atoms with Gasteiger partial charge >= 0.3 is 0 Å². The lowest BCUT2D eigenvalue weighted by molar-refractivity contribution is -0.115. The number of carbonyl (C=O) groups is 1. The van der Waals surface area contributed by atoms with Gasteiger partial charge in [0.15, 0.2) is 5.17 Å². The molecule has 1 saturated heterocycles. The molecule has 4 nitrogen and oxygen atoms in total. The Balaban J connectivity index is 1.55. The number of thioether (sulfide) groups is 1. The molecule has 124 valence electrons. The average molecular weight is 384 g/mol. The summed E-state index contributed by atoms with van der Waals surface area (Å²) in [6.45, 7) is 2.02. The Morgan fingerprint density at radius 3 is 2.92 bits per heavy atom. The first-order chi connectivity index (χ1) is 12.2. The Morgan fingerprint density at radius 2 is 2.12 bits per heavy atom. The van der Waals surface area contributed by atoms with E-state index >= 15 is 0 Å². The molecule has 0 unspecified atom stereocenters. The van der Waals surface area contributed by atoms with Gasteiger partial charge in [0.25, 0.3) is 5.91 Å². The summed E-state index contributed by atoms with van der Waals surface area (Å²) in [5.74, 6) is -0.137. The molecule has 0 aliphatic carbocycles. The zero-order valence-electron chi connectivity index (χ0n) is 13.2. The smallest absolute Gasteiger partial charge is 0.264 e. The van der Waals surface area contributed by atoms with Crippen LogP contribution in [0.2, 0.25) is 0 Å². The van der Waals surface area contributed by atoms with Crippen LogP contribution in [0.25, 0.3) is 16.0 Å². The van der Waals surface area contributed by atoms with Crippen molar-refractivity contribution < 1.29 is 4.79 Å². The van der Waals surface area contributed by atoms with E-state index in [9.17, 15) is 4.79 Å². The number of thiazole rings is 1. The van der Waals surface area contributed by atoms with Gasteiger partial charge in [-0.05, 0) is 53.9 Å². The molecule has 1 fully saturated rings. The van der Waals surface area contributed by atoms with Gasteiger partial charge in [-0.1, -0.05) is 18.2 Å². The number of amidine groups is 1. The lowest BCUT2D eigenvalue weighted by Gasteiger charge is -1.97. The fourth-order valence-electron chi connectivity index (χ4n) is 2.30. The first-order valence-corrected chi connectivity index (χ1v) is 10.1. The second kappa shape index (κ2) is 6.95. The van der Waals surface area contributed by atoms with Crippen molar-refractivity contribution in [3.05, 3.63) is 63.3 Å². The van der Waals surface area contributed by atoms with E-state index in [4.69, 9.17) is 0 Å². The van der Waals surface area contributed by atoms with Gasteiger partial charge in [0.1, 0.15) is 5.01 Å². The summed E-state index contributed by atoms with van der Waals surface area (Å²) >= 11 is 4.58. The van der Waals surface area contributed by atoms with Crippen molar-refractivity contribution in [1.29, 1.82) is 0 Å². The summed E-state index contributed by atoms with van der Waals surface area (Å²) < 4.78 is 0. The number of thiophene rings is 1. The number of nitrogens with zero attached hydrogens (tertiary/aromatic N) is 2. The maximum Gasteiger partial charge on any atom is 0.264 e. The van der Waals surface area contributed by atoms with Crippen LogP contribution in [0.4, 0.5) is 5.69 Å². The van der Waals surface area contributed by atoms with Gasteiger partial charge in [-0.25, -0.2) is 9.98 Å². The van der Waals surface area contributed by atoms with E-state index in [-0.39, 0.29) is 5.91 Å². The Hall–Kier alpha value is -2.22. The summed E-state index contributed by atoms with van der Waals surface area (Å²) in [5.41, 5.74) is 2.76. The van der Waals surface area contributed by atoms with Gasteiger partial charge in [-0.15, -0.1) is 22.7 Å².